The molecule has 0 aliphatic heterocycles. The van der Waals surface area contributed by atoms with Gasteiger partial charge in [0.05, 0.1) is 5.57 Å². The molecule has 0 aromatic rings. The molecule has 4 aliphatic rings. The number of hydrogen-bond acceptors (Lipinski definition) is 3. The standard InChI is InChI=1S/C35H56O3/c1-19(2)13-12-14-25-15-26(20(3)4)27-17-33(9)18-34(10)16-21(5)28(24(8)36)32(38)35(34,11)23(7)30(33)31(37)29(27)22(25)6/h19-20,22-23,25-27,29-30H,12-18H2,1-11H3/t22?,23?,25?,26?,27?,29?,30?,33-,34+,35+/m0/s1. The van der Waals surface area contributed by atoms with Gasteiger partial charge in [-0.1, -0.05) is 87.1 Å². The van der Waals surface area contributed by atoms with Gasteiger partial charge in [0, 0.05) is 17.3 Å². The molecule has 0 radical (unpaired) electrons. The number of hydrogen-bond donors (Lipinski definition) is 0. The molecular weight excluding hydrogens is 468 g/mol. The van der Waals surface area contributed by atoms with Crippen LogP contribution >= 0.6 is 0 Å². The predicted molar refractivity (Wildman–Crippen MR) is 155 cm³/mol. The molecule has 0 saturated heterocycles. The molecule has 4 aliphatic carbocycles. The van der Waals surface area contributed by atoms with E-state index in [0.717, 1.165) is 30.8 Å². The average molecular weight is 525 g/mol. The first-order valence-electron chi connectivity index (χ1n) is 15.8. The number of fused-ring (bicyclic) bond motifs is 3. The summed E-state index contributed by atoms with van der Waals surface area (Å²) in [5, 5.41) is 0. The molecule has 0 aromatic heterocycles. The van der Waals surface area contributed by atoms with Crippen molar-refractivity contribution in [2.75, 3.05) is 0 Å². The molecule has 0 aromatic carbocycles. The zero-order valence-electron chi connectivity index (χ0n) is 26.4. The minimum absolute atomic E-state index is 0.00374. The van der Waals surface area contributed by atoms with Crippen molar-refractivity contribution in [2.24, 2.45) is 69.5 Å². The Kier molecular flexibility index (Phi) is 7.81. The smallest absolute Gasteiger partial charge is 0.173 e. The lowest BCUT2D eigenvalue weighted by Crippen LogP contribution is -2.67. The quantitative estimate of drug-likeness (QED) is 0.327. The molecule has 0 bridgehead atoms. The second-order valence-electron chi connectivity index (χ2n) is 16.0. The van der Waals surface area contributed by atoms with Crippen molar-refractivity contribution < 1.29 is 14.4 Å². The summed E-state index contributed by atoms with van der Waals surface area (Å²) in [6, 6.07) is 0. The van der Waals surface area contributed by atoms with E-state index in [1.54, 1.807) is 0 Å². The average Bonchev–Trinajstić information content (AvgIpc) is 2.76. The summed E-state index contributed by atoms with van der Waals surface area (Å²) in [5.41, 5.74) is 0.340. The monoisotopic (exact) mass is 524 g/mol. The summed E-state index contributed by atoms with van der Waals surface area (Å²) in [4.78, 5) is 41.6. The molecule has 3 heteroatoms. The number of ketones is 3. The number of carbonyl (C=O) groups is 3. The van der Waals surface area contributed by atoms with Crippen LogP contribution in [0.2, 0.25) is 0 Å². The third-order valence-electron chi connectivity index (χ3n) is 12.8. The van der Waals surface area contributed by atoms with E-state index >= 15 is 0 Å². The third-order valence-corrected chi connectivity index (χ3v) is 12.8. The van der Waals surface area contributed by atoms with E-state index in [1.807, 2.05) is 6.92 Å². The number of carbonyl (C=O) groups excluding carboxylic acids is 3. The van der Waals surface area contributed by atoms with Crippen molar-refractivity contribution in [2.45, 2.75) is 121 Å². The molecule has 38 heavy (non-hydrogen) atoms. The highest BCUT2D eigenvalue weighted by molar-refractivity contribution is 6.22. The number of rotatable bonds is 6. The molecular formula is C35H56O3. The van der Waals surface area contributed by atoms with E-state index in [0.29, 0.717) is 40.9 Å². The van der Waals surface area contributed by atoms with Crippen LogP contribution in [0.4, 0.5) is 0 Å². The molecule has 10 atom stereocenters. The van der Waals surface area contributed by atoms with Crippen LogP contribution in [-0.2, 0) is 14.4 Å². The van der Waals surface area contributed by atoms with Crippen molar-refractivity contribution in [3.8, 4) is 0 Å². The van der Waals surface area contributed by atoms with Crippen LogP contribution < -0.4 is 0 Å². The van der Waals surface area contributed by atoms with Gasteiger partial charge in [0.2, 0.25) is 0 Å². The highest BCUT2D eigenvalue weighted by atomic mass is 16.2. The zero-order valence-corrected chi connectivity index (χ0v) is 26.4. The van der Waals surface area contributed by atoms with Crippen molar-refractivity contribution in [3.05, 3.63) is 11.1 Å². The van der Waals surface area contributed by atoms with Crippen molar-refractivity contribution in [1.82, 2.24) is 0 Å². The minimum atomic E-state index is -0.688. The Hall–Kier alpha value is -1.25. The van der Waals surface area contributed by atoms with Crippen LogP contribution in [0.1, 0.15) is 121 Å². The Bertz CT molecular complexity index is 1020. The van der Waals surface area contributed by atoms with E-state index in [2.05, 4.69) is 62.3 Å². The fraction of sp³-hybridized carbons (Fsp3) is 0.857. The van der Waals surface area contributed by atoms with Gasteiger partial charge < -0.3 is 0 Å². The SMILES string of the molecule is CC(=O)C1=C(C)C[C@]2(C)C[C@]3(C)CC4C(C(C)C)CC(CCCC(C)C)C(C)C4C(=O)C3C(C)[C@]2(C)C1=O. The molecule has 0 amide bonds. The molecule has 7 unspecified atom stereocenters. The maximum Gasteiger partial charge on any atom is 0.173 e. The maximum absolute atomic E-state index is 14.8. The van der Waals surface area contributed by atoms with Gasteiger partial charge in [-0.3, -0.25) is 14.4 Å². The lowest BCUT2D eigenvalue weighted by Gasteiger charge is -2.67. The Morgan fingerprint density at radius 3 is 2.24 bits per heavy atom. The van der Waals surface area contributed by atoms with Gasteiger partial charge in [0.15, 0.2) is 11.6 Å². The van der Waals surface area contributed by atoms with Gasteiger partial charge in [-0.25, -0.2) is 0 Å². The molecule has 3 fully saturated rings. The number of allylic oxidation sites excluding steroid dienone is 2. The van der Waals surface area contributed by atoms with Crippen LogP contribution in [0.25, 0.3) is 0 Å². The molecule has 3 saturated carbocycles. The fourth-order valence-corrected chi connectivity index (χ4v) is 10.9. The van der Waals surface area contributed by atoms with Gasteiger partial charge in [-0.05, 0) is 91.8 Å². The highest BCUT2D eigenvalue weighted by Crippen LogP contribution is 2.71. The lowest BCUT2D eigenvalue weighted by atomic mass is 9.35. The third kappa shape index (κ3) is 4.32. The topological polar surface area (TPSA) is 51.2 Å². The van der Waals surface area contributed by atoms with Crippen LogP contribution in [0.3, 0.4) is 0 Å². The summed E-state index contributed by atoms with van der Waals surface area (Å²) >= 11 is 0. The second-order valence-corrected chi connectivity index (χ2v) is 16.0. The van der Waals surface area contributed by atoms with Crippen LogP contribution in [0.5, 0.6) is 0 Å². The van der Waals surface area contributed by atoms with Gasteiger partial charge in [-0.15, -0.1) is 0 Å². The van der Waals surface area contributed by atoms with E-state index < -0.39 is 5.41 Å². The molecule has 4 rings (SSSR count). The largest absolute Gasteiger partial charge is 0.299 e. The maximum atomic E-state index is 14.8. The van der Waals surface area contributed by atoms with E-state index in [1.165, 1.54) is 32.6 Å². The van der Waals surface area contributed by atoms with Crippen LogP contribution in [0.15, 0.2) is 11.1 Å². The summed E-state index contributed by atoms with van der Waals surface area (Å²) in [6.07, 6.45) is 7.79. The second kappa shape index (κ2) is 9.99. The first-order chi connectivity index (χ1) is 17.5. The Morgan fingerprint density at radius 1 is 1.05 bits per heavy atom. The van der Waals surface area contributed by atoms with Gasteiger partial charge in [0.1, 0.15) is 5.78 Å². The highest BCUT2D eigenvalue weighted by Gasteiger charge is 2.69. The molecule has 3 nitrogen and oxygen atoms in total. The summed E-state index contributed by atoms with van der Waals surface area (Å²) in [5.74, 6) is 3.64. The zero-order chi connectivity index (χ0) is 28.5. The fourth-order valence-electron chi connectivity index (χ4n) is 10.9. The van der Waals surface area contributed by atoms with E-state index in [4.69, 9.17) is 0 Å². The molecule has 0 spiro atoms. The Balaban J connectivity index is 1.75. The normalized spacial score (nSPS) is 45.2. The lowest BCUT2D eigenvalue weighted by molar-refractivity contribution is -0.192. The first kappa shape index (κ1) is 29.7. The van der Waals surface area contributed by atoms with Gasteiger partial charge in [-0.2, -0.15) is 0 Å². The van der Waals surface area contributed by atoms with Crippen molar-refractivity contribution in [1.29, 1.82) is 0 Å². The Morgan fingerprint density at radius 2 is 1.68 bits per heavy atom. The summed E-state index contributed by atoms with van der Waals surface area (Å²) in [6.45, 7) is 24.2. The van der Waals surface area contributed by atoms with E-state index in [-0.39, 0.29) is 40.2 Å². The number of Topliss-reactive ketones (excluding diaryl/α,β-unsaturated/α-hetero) is 3. The molecule has 0 heterocycles. The minimum Gasteiger partial charge on any atom is -0.299 e. The summed E-state index contributed by atoms with van der Waals surface area (Å²) < 4.78 is 0. The Labute approximate surface area is 233 Å². The first-order valence-corrected chi connectivity index (χ1v) is 15.8. The predicted octanol–water partition coefficient (Wildman–Crippen LogP) is 8.50. The van der Waals surface area contributed by atoms with E-state index in [9.17, 15) is 14.4 Å². The summed E-state index contributed by atoms with van der Waals surface area (Å²) in [7, 11) is 0. The van der Waals surface area contributed by atoms with Gasteiger partial charge in [0.25, 0.3) is 0 Å². The van der Waals surface area contributed by atoms with Gasteiger partial charge >= 0.3 is 0 Å². The molecule has 214 valence electrons. The van der Waals surface area contributed by atoms with Crippen LogP contribution in [0, 0.1) is 69.5 Å². The molecule has 0 N–H and O–H groups in total. The van der Waals surface area contributed by atoms with Crippen LogP contribution in [-0.4, -0.2) is 17.3 Å². The van der Waals surface area contributed by atoms with Crippen molar-refractivity contribution in [3.63, 3.8) is 0 Å². The van der Waals surface area contributed by atoms with Crippen molar-refractivity contribution >= 4 is 17.3 Å².